The van der Waals surface area contributed by atoms with E-state index in [1.165, 1.54) is 28.7 Å². The summed E-state index contributed by atoms with van der Waals surface area (Å²) in [5.41, 5.74) is 3.04. The predicted octanol–water partition coefficient (Wildman–Crippen LogP) is 4.54. The normalized spacial score (nSPS) is 11.3. The van der Waals surface area contributed by atoms with Crippen LogP contribution in [0.4, 0.5) is 5.13 Å². The van der Waals surface area contributed by atoms with Crippen molar-refractivity contribution in [1.82, 2.24) is 25.2 Å². The maximum atomic E-state index is 12.9. The van der Waals surface area contributed by atoms with Gasteiger partial charge in [-0.05, 0) is 53.1 Å². The van der Waals surface area contributed by atoms with Crippen LogP contribution in [0.3, 0.4) is 0 Å². The molecule has 2 heterocycles. The zero-order valence-corrected chi connectivity index (χ0v) is 18.7. The Morgan fingerprint density at radius 1 is 1.17 bits per heavy atom. The summed E-state index contributed by atoms with van der Waals surface area (Å²) in [6.07, 6.45) is 0. The molecule has 0 aliphatic rings. The van der Waals surface area contributed by atoms with Crippen LogP contribution in [0.2, 0.25) is 0 Å². The number of hydrogen-bond acceptors (Lipinski definition) is 7. The van der Waals surface area contributed by atoms with Crippen LogP contribution >= 0.6 is 23.1 Å². The van der Waals surface area contributed by atoms with E-state index in [0.29, 0.717) is 22.8 Å². The summed E-state index contributed by atoms with van der Waals surface area (Å²) in [7, 11) is 0. The molecule has 2 aromatic heterocycles. The van der Waals surface area contributed by atoms with Crippen LogP contribution in [0.25, 0.3) is 15.9 Å². The van der Waals surface area contributed by atoms with Crippen molar-refractivity contribution in [1.29, 1.82) is 0 Å². The number of thiazole rings is 1. The van der Waals surface area contributed by atoms with Gasteiger partial charge in [-0.2, -0.15) is 4.68 Å². The van der Waals surface area contributed by atoms with Gasteiger partial charge in [0.05, 0.1) is 21.7 Å². The molecule has 0 saturated carbocycles. The Morgan fingerprint density at radius 2 is 1.93 bits per heavy atom. The van der Waals surface area contributed by atoms with Crippen molar-refractivity contribution < 1.29 is 4.79 Å². The van der Waals surface area contributed by atoms with Crippen molar-refractivity contribution >= 4 is 44.4 Å². The number of fused-ring (bicyclic) bond motifs is 1. The van der Waals surface area contributed by atoms with Crippen molar-refractivity contribution in [3.63, 3.8) is 0 Å². The van der Waals surface area contributed by atoms with Crippen LogP contribution < -0.4 is 4.90 Å². The standard InChI is InChI=1S/C21H22N6OS2/c1-4-26(20-22-17-7-5-6-8-18(17)30-20)19(28)13-29-21-23-24-25-27(21)16-11-9-15(10-12-16)14(2)3/h5-12,14H,4,13H2,1-3H3. The molecule has 4 rings (SSSR count). The van der Waals surface area contributed by atoms with Gasteiger partial charge in [-0.3, -0.25) is 9.69 Å². The molecule has 4 aromatic rings. The molecule has 0 N–H and O–H groups in total. The van der Waals surface area contributed by atoms with Gasteiger partial charge < -0.3 is 0 Å². The van der Waals surface area contributed by atoms with Gasteiger partial charge in [0.15, 0.2) is 5.13 Å². The largest absolute Gasteiger partial charge is 0.288 e. The number of carbonyl (C=O) groups is 1. The minimum atomic E-state index is -0.0220. The minimum absolute atomic E-state index is 0.0220. The molecular weight excluding hydrogens is 416 g/mol. The minimum Gasteiger partial charge on any atom is -0.288 e. The van der Waals surface area contributed by atoms with Crippen LogP contribution in [0.5, 0.6) is 0 Å². The van der Waals surface area contributed by atoms with E-state index in [2.05, 4.69) is 46.5 Å². The number of hydrogen-bond donors (Lipinski definition) is 0. The molecule has 0 bridgehead atoms. The number of anilines is 1. The number of aromatic nitrogens is 5. The molecule has 0 radical (unpaired) electrons. The Kier molecular flexibility index (Phi) is 6.10. The molecular formula is C21H22N6OS2. The SMILES string of the molecule is CCN(C(=O)CSc1nnnn1-c1ccc(C(C)C)cc1)c1nc2ccccc2s1. The van der Waals surface area contributed by atoms with Crippen LogP contribution in [0, 0.1) is 0 Å². The zero-order chi connectivity index (χ0) is 21.1. The molecule has 154 valence electrons. The van der Waals surface area contributed by atoms with Crippen LogP contribution in [0.15, 0.2) is 53.7 Å². The Labute approximate surface area is 183 Å². The van der Waals surface area contributed by atoms with E-state index in [1.54, 1.807) is 9.58 Å². The highest BCUT2D eigenvalue weighted by atomic mass is 32.2. The van der Waals surface area contributed by atoms with E-state index < -0.39 is 0 Å². The van der Waals surface area contributed by atoms with Crippen LogP contribution in [-0.4, -0.2) is 43.4 Å². The van der Waals surface area contributed by atoms with E-state index >= 15 is 0 Å². The summed E-state index contributed by atoms with van der Waals surface area (Å²) in [5, 5.41) is 13.3. The molecule has 0 atom stereocenters. The Hall–Kier alpha value is -2.78. The van der Waals surface area contributed by atoms with Crippen LogP contribution in [-0.2, 0) is 4.79 Å². The average Bonchev–Trinajstić information content (AvgIpc) is 3.39. The van der Waals surface area contributed by atoms with E-state index in [0.717, 1.165) is 15.9 Å². The van der Waals surface area contributed by atoms with Gasteiger partial charge in [0.1, 0.15) is 0 Å². The third-order valence-corrected chi connectivity index (χ3v) is 6.66. The lowest BCUT2D eigenvalue weighted by molar-refractivity contribution is -0.116. The number of thioether (sulfide) groups is 1. The highest BCUT2D eigenvalue weighted by molar-refractivity contribution is 7.99. The quantitative estimate of drug-likeness (QED) is 0.394. The Morgan fingerprint density at radius 3 is 2.63 bits per heavy atom. The molecule has 0 unspecified atom stereocenters. The summed E-state index contributed by atoms with van der Waals surface area (Å²) < 4.78 is 2.73. The number of tetrazole rings is 1. The lowest BCUT2D eigenvalue weighted by Crippen LogP contribution is -2.32. The van der Waals surface area contributed by atoms with Gasteiger partial charge >= 0.3 is 0 Å². The molecule has 7 nitrogen and oxygen atoms in total. The lowest BCUT2D eigenvalue weighted by atomic mass is 10.0. The number of rotatable bonds is 7. The fourth-order valence-corrected chi connectivity index (χ4v) is 4.84. The summed E-state index contributed by atoms with van der Waals surface area (Å²) in [6.45, 7) is 6.82. The number of amides is 1. The van der Waals surface area contributed by atoms with Crippen molar-refractivity contribution in [2.75, 3.05) is 17.2 Å². The average molecular weight is 439 g/mol. The first-order chi connectivity index (χ1) is 14.6. The Balaban J connectivity index is 1.48. The molecule has 0 aliphatic heterocycles. The number of benzene rings is 2. The van der Waals surface area contributed by atoms with E-state index in [1.807, 2.05) is 43.3 Å². The first kappa shape index (κ1) is 20.5. The highest BCUT2D eigenvalue weighted by Gasteiger charge is 2.20. The molecule has 9 heteroatoms. The summed E-state index contributed by atoms with van der Waals surface area (Å²) >= 11 is 2.85. The van der Waals surface area contributed by atoms with Crippen molar-refractivity contribution in [2.24, 2.45) is 0 Å². The molecule has 1 amide bonds. The maximum absolute atomic E-state index is 12.9. The fourth-order valence-electron chi connectivity index (χ4n) is 3.03. The predicted molar refractivity (Wildman–Crippen MR) is 122 cm³/mol. The van der Waals surface area contributed by atoms with Crippen molar-refractivity contribution in [3.05, 3.63) is 54.1 Å². The number of carbonyl (C=O) groups excluding carboxylic acids is 1. The second-order valence-corrected chi connectivity index (χ2v) is 8.96. The first-order valence-corrected chi connectivity index (χ1v) is 11.5. The van der Waals surface area contributed by atoms with Crippen molar-refractivity contribution in [3.8, 4) is 5.69 Å². The number of para-hydroxylation sites is 1. The fraction of sp³-hybridized carbons (Fsp3) is 0.286. The molecule has 0 spiro atoms. The third kappa shape index (κ3) is 4.22. The van der Waals surface area contributed by atoms with Gasteiger partial charge in [-0.1, -0.05) is 61.2 Å². The Bertz CT molecular complexity index is 1120. The second kappa shape index (κ2) is 8.93. The molecule has 2 aromatic carbocycles. The smallest absolute Gasteiger partial charge is 0.239 e. The lowest BCUT2D eigenvalue weighted by Gasteiger charge is -2.17. The van der Waals surface area contributed by atoms with Gasteiger partial charge in [0.25, 0.3) is 0 Å². The third-order valence-electron chi connectivity index (χ3n) is 4.70. The maximum Gasteiger partial charge on any atom is 0.239 e. The van der Waals surface area contributed by atoms with E-state index in [4.69, 9.17) is 0 Å². The van der Waals surface area contributed by atoms with Gasteiger partial charge in [0, 0.05) is 6.54 Å². The van der Waals surface area contributed by atoms with Gasteiger partial charge in [-0.15, -0.1) is 5.10 Å². The zero-order valence-electron chi connectivity index (χ0n) is 17.0. The summed E-state index contributed by atoms with van der Waals surface area (Å²) in [5.74, 6) is 0.669. The van der Waals surface area contributed by atoms with Crippen molar-refractivity contribution in [2.45, 2.75) is 31.8 Å². The number of nitrogens with zero attached hydrogens (tertiary/aromatic N) is 6. The van der Waals surface area contributed by atoms with E-state index in [-0.39, 0.29) is 11.7 Å². The highest BCUT2D eigenvalue weighted by Crippen LogP contribution is 2.29. The molecule has 0 aliphatic carbocycles. The topological polar surface area (TPSA) is 76.8 Å². The molecule has 30 heavy (non-hydrogen) atoms. The second-order valence-electron chi connectivity index (χ2n) is 7.01. The van der Waals surface area contributed by atoms with Gasteiger partial charge in [-0.25, -0.2) is 4.98 Å². The molecule has 0 saturated heterocycles. The monoisotopic (exact) mass is 438 g/mol. The summed E-state index contributed by atoms with van der Waals surface area (Å²) in [4.78, 5) is 19.2. The molecule has 0 fully saturated rings. The van der Waals surface area contributed by atoms with Crippen LogP contribution in [0.1, 0.15) is 32.3 Å². The van der Waals surface area contributed by atoms with Gasteiger partial charge in [0.2, 0.25) is 11.1 Å². The summed E-state index contributed by atoms with van der Waals surface area (Å²) in [6, 6.07) is 16.1. The van der Waals surface area contributed by atoms with E-state index in [9.17, 15) is 4.79 Å². The first-order valence-electron chi connectivity index (χ1n) is 9.74.